The lowest BCUT2D eigenvalue weighted by Gasteiger charge is -2.05. The molecule has 0 aliphatic rings. The van der Waals surface area contributed by atoms with Gasteiger partial charge < -0.3 is 4.98 Å². The summed E-state index contributed by atoms with van der Waals surface area (Å²) in [7, 11) is 0. The predicted molar refractivity (Wildman–Crippen MR) is 59.5 cm³/mol. The van der Waals surface area contributed by atoms with Gasteiger partial charge in [-0.05, 0) is 31.0 Å². The largest absolute Gasteiger partial charge is 0.342 e. The number of rotatable bonds is 2. The third-order valence-corrected chi connectivity index (χ3v) is 2.59. The molecule has 0 spiro atoms. The van der Waals surface area contributed by atoms with E-state index in [0.29, 0.717) is 0 Å². The molecule has 0 saturated carbocycles. The molecule has 2 rings (SSSR count). The number of aromatic amines is 1. The van der Waals surface area contributed by atoms with Crippen molar-refractivity contribution in [2.45, 2.75) is 26.2 Å². The minimum absolute atomic E-state index is 0.0157. The zero-order valence-electron chi connectivity index (χ0n) is 8.91. The predicted octanol–water partition coefficient (Wildman–Crippen LogP) is 2.89. The maximum atomic E-state index is 8.98. The molecular weight excluding hydrogens is 186 g/mol. The highest BCUT2D eigenvalue weighted by Crippen LogP contribution is 2.22. The van der Waals surface area contributed by atoms with Crippen molar-refractivity contribution in [3.63, 3.8) is 0 Å². The second kappa shape index (κ2) is 3.74. The molecule has 1 heterocycles. The maximum Gasteiger partial charge on any atom is 0.104 e. The fourth-order valence-corrected chi connectivity index (χ4v) is 1.77. The van der Waals surface area contributed by atoms with E-state index < -0.39 is 0 Å². The van der Waals surface area contributed by atoms with Crippen LogP contribution in [0.4, 0.5) is 0 Å². The van der Waals surface area contributed by atoms with Crippen LogP contribution in [0.5, 0.6) is 0 Å². The number of benzene rings is 1. The Morgan fingerprint density at radius 2 is 2.33 bits per heavy atom. The summed E-state index contributed by atoms with van der Waals surface area (Å²) in [6.45, 7) is 3.96. The van der Waals surface area contributed by atoms with E-state index in [2.05, 4.69) is 16.0 Å². The molecule has 0 radical (unpaired) electrons. The van der Waals surface area contributed by atoms with Crippen LogP contribution < -0.4 is 0 Å². The van der Waals surface area contributed by atoms with Crippen molar-refractivity contribution in [2.75, 3.05) is 0 Å². The van der Waals surface area contributed by atoms with Crippen molar-refractivity contribution < 1.29 is 0 Å². The number of hydrogen-bond donors (Lipinski definition) is 1. The van der Waals surface area contributed by atoms with E-state index in [1.807, 2.05) is 32.0 Å². The zero-order chi connectivity index (χ0) is 10.8. The standard InChI is InChI=1S/C12H13N3/c1-3-9(7-13)10-4-5-11-12(6-10)15-8(2)14-11/h4-6,9H,3H2,1-2H3,(H,14,15). The Balaban J connectivity index is 2.51. The third kappa shape index (κ3) is 1.71. The van der Waals surface area contributed by atoms with Crippen molar-refractivity contribution in [3.8, 4) is 6.07 Å². The Morgan fingerprint density at radius 1 is 1.53 bits per heavy atom. The van der Waals surface area contributed by atoms with E-state index >= 15 is 0 Å². The van der Waals surface area contributed by atoms with Gasteiger partial charge in [-0.2, -0.15) is 5.26 Å². The summed E-state index contributed by atoms with van der Waals surface area (Å²) in [5.41, 5.74) is 3.04. The molecule has 0 bridgehead atoms. The molecular formula is C12H13N3. The fourth-order valence-electron chi connectivity index (χ4n) is 1.77. The van der Waals surface area contributed by atoms with Crippen molar-refractivity contribution in [2.24, 2.45) is 0 Å². The lowest BCUT2D eigenvalue weighted by atomic mass is 9.98. The molecule has 0 aliphatic heterocycles. The number of H-pyrrole nitrogens is 1. The quantitative estimate of drug-likeness (QED) is 0.808. The molecule has 1 N–H and O–H groups in total. The van der Waals surface area contributed by atoms with Crippen molar-refractivity contribution in [1.82, 2.24) is 9.97 Å². The lowest BCUT2D eigenvalue weighted by molar-refractivity contribution is 0.819. The van der Waals surface area contributed by atoms with Gasteiger partial charge in [0.15, 0.2) is 0 Å². The molecule has 0 saturated heterocycles. The SMILES string of the molecule is CCC(C#N)c1ccc2nc(C)[nH]c2c1. The van der Waals surface area contributed by atoms with E-state index in [4.69, 9.17) is 5.26 Å². The lowest BCUT2D eigenvalue weighted by Crippen LogP contribution is -1.92. The Kier molecular flexibility index (Phi) is 2.42. The van der Waals surface area contributed by atoms with Crippen LogP contribution in [-0.4, -0.2) is 9.97 Å². The Morgan fingerprint density at radius 3 is 3.00 bits per heavy atom. The monoisotopic (exact) mass is 199 g/mol. The molecule has 0 aliphatic carbocycles. The molecule has 1 unspecified atom stereocenters. The van der Waals surface area contributed by atoms with Gasteiger partial charge in [-0.25, -0.2) is 4.98 Å². The number of fused-ring (bicyclic) bond motifs is 1. The smallest absolute Gasteiger partial charge is 0.104 e. The minimum Gasteiger partial charge on any atom is -0.342 e. The first-order chi connectivity index (χ1) is 7.24. The maximum absolute atomic E-state index is 8.98. The molecule has 3 nitrogen and oxygen atoms in total. The van der Waals surface area contributed by atoms with Crippen LogP contribution in [0.15, 0.2) is 18.2 Å². The Labute approximate surface area is 88.8 Å². The third-order valence-electron chi connectivity index (χ3n) is 2.59. The molecule has 15 heavy (non-hydrogen) atoms. The fraction of sp³-hybridized carbons (Fsp3) is 0.333. The van der Waals surface area contributed by atoms with Gasteiger partial charge >= 0.3 is 0 Å². The first-order valence-electron chi connectivity index (χ1n) is 5.10. The van der Waals surface area contributed by atoms with Crippen LogP contribution >= 0.6 is 0 Å². The van der Waals surface area contributed by atoms with Crippen molar-refractivity contribution in [1.29, 1.82) is 5.26 Å². The first kappa shape index (κ1) is 9.72. The summed E-state index contributed by atoms with van der Waals surface area (Å²) in [5, 5.41) is 8.98. The molecule has 1 aromatic carbocycles. The second-order valence-electron chi connectivity index (χ2n) is 3.69. The molecule has 0 amide bonds. The van der Waals surface area contributed by atoms with Crippen LogP contribution in [-0.2, 0) is 0 Å². The minimum atomic E-state index is -0.0157. The van der Waals surface area contributed by atoms with Gasteiger partial charge in [-0.3, -0.25) is 0 Å². The van der Waals surface area contributed by atoms with Crippen LogP contribution in [0.2, 0.25) is 0 Å². The van der Waals surface area contributed by atoms with E-state index in [0.717, 1.165) is 28.8 Å². The van der Waals surface area contributed by atoms with Gasteiger partial charge in [-0.15, -0.1) is 0 Å². The van der Waals surface area contributed by atoms with Crippen molar-refractivity contribution in [3.05, 3.63) is 29.6 Å². The van der Waals surface area contributed by atoms with Crippen LogP contribution in [0.3, 0.4) is 0 Å². The molecule has 76 valence electrons. The second-order valence-corrected chi connectivity index (χ2v) is 3.69. The molecule has 0 fully saturated rings. The molecule has 3 heteroatoms. The Hall–Kier alpha value is -1.82. The van der Waals surface area contributed by atoms with Gasteiger partial charge in [-0.1, -0.05) is 13.0 Å². The average Bonchev–Trinajstić information content (AvgIpc) is 2.59. The van der Waals surface area contributed by atoms with Gasteiger partial charge in [0.05, 0.1) is 23.0 Å². The van der Waals surface area contributed by atoms with Crippen molar-refractivity contribution >= 4 is 11.0 Å². The van der Waals surface area contributed by atoms with E-state index in [-0.39, 0.29) is 5.92 Å². The topological polar surface area (TPSA) is 52.5 Å². The highest BCUT2D eigenvalue weighted by Gasteiger charge is 2.09. The molecule has 1 atom stereocenters. The normalized spacial score (nSPS) is 12.6. The van der Waals surface area contributed by atoms with Crippen LogP contribution in [0.25, 0.3) is 11.0 Å². The van der Waals surface area contributed by atoms with Gasteiger partial charge in [0.1, 0.15) is 5.82 Å². The van der Waals surface area contributed by atoms with Crippen LogP contribution in [0, 0.1) is 18.3 Å². The van der Waals surface area contributed by atoms with E-state index in [9.17, 15) is 0 Å². The van der Waals surface area contributed by atoms with Gasteiger partial charge in [0.25, 0.3) is 0 Å². The first-order valence-corrected chi connectivity index (χ1v) is 5.10. The van der Waals surface area contributed by atoms with Crippen LogP contribution in [0.1, 0.15) is 30.7 Å². The van der Waals surface area contributed by atoms with Gasteiger partial charge in [0, 0.05) is 0 Å². The highest BCUT2D eigenvalue weighted by atomic mass is 14.9. The summed E-state index contributed by atoms with van der Waals surface area (Å²) < 4.78 is 0. The number of nitrogens with zero attached hydrogens (tertiary/aromatic N) is 2. The number of aromatic nitrogens is 2. The summed E-state index contributed by atoms with van der Waals surface area (Å²) in [5.74, 6) is 0.894. The van der Waals surface area contributed by atoms with E-state index in [1.54, 1.807) is 0 Å². The summed E-state index contributed by atoms with van der Waals surface area (Å²) in [4.78, 5) is 7.51. The highest BCUT2D eigenvalue weighted by molar-refractivity contribution is 5.76. The number of nitriles is 1. The Bertz CT molecular complexity index is 519. The number of aryl methyl sites for hydroxylation is 1. The molecule has 1 aromatic heterocycles. The van der Waals surface area contributed by atoms with E-state index in [1.165, 1.54) is 0 Å². The summed E-state index contributed by atoms with van der Waals surface area (Å²) in [6, 6.07) is 8.28. The summed E-state index contributed by atoms with van der Waals surface area (Å²) in [6.07, 6.45) is 0.842. The number of hydrogen-bond acceptors (Lipinski definition) is 2. The number of nitrogens with one attached hydrogen (secondary N) is 1. The summed E-state index contributed by atoms with van der Waals surface area (Å²) >= 11 is 0. The molecule has 2 aromatic rings. The zero-order valence-corrected chi connectivity index (χ0v) is 8.91. The number of imidazole rings is 1. The van der Waals surface area contributed by atoms with Gasteiger partial charge in [0.2, 0.25) is 0 Å². The average molecular weight is 199 g/mol.